The molecule has 0 saturated carbocycles. The number of nitrogens with one attached hydrogen (secondary N) is 7. The Labute approximate surface area is 421 Å². The van der Waals surface area contributed by atoms with E-state index >= 15 is 0 Å². The molecule has 0 aliphatic carbocycles. The van der Waals surface area contributed by atoms with Crippen LogP contribution in [-0.4, -0.2) is 132 Å². The molecule has 396 valence electrons. The summed E-state index contributed by atoms with van der Waals surface area (Å²) in [5.74, 6) is -5.29. The largest absolute Gasteiger partial charge is 0.370 e. The van der Waals surface area contributed by atoms with Gasteiger partial charge in [-0.15, -0.1) is 0 Å². The van der Waals surface area contributed by atoms with Gasteiger partial charge in [0.1, 0.15) is 30.2 Å². The number of H-pyrrole nitrogens is 2. The fraction of sp³-hybridized carbons (Fsp3) is 0.435. The van der Waals surface area contributed by atoms with E-state index in [0.717, 1.165) is 27.4 Å². The van der Waals surface area contributed by atoms with Crippen LogP contribution in [-0.2, 0) is 41.6 Å². The van der Waals surface area contributed by atoms with Crippen molar-refractivity contribution in [3.63, 3.8) is 0 Å². The number of hydrogen-bond acceptors (Lipinski definition) is 11. The quantitative estimate of drug-likeness (QED) is 0.0129. The fourth-order valence-corrected chi connectivity index (χ4v) is 7.81. The average molecular weight is 1010 g/mol. The van der Waals surface area contributed by atoms with Gasteiger partial charge < -0.3 is 93.9 Å². The Kier molecular flexibility index (Phi) is 22.6. The van der Waals surface area contributed by atoms with E-state index in [1.54, 1.807) is 12.4 Å². The van der Waals surface area contributed by atoms with Crippen LogP contribution in [0.15, 0.2) is 80.9 Å². The van der Waals surface area contributed by atoms with E-state index in [1.807, 2.05) is 48.5 Å². The number of aromatic nitrogens is 2. The molecule has 27 nitrogen and oxygen atoms in total. The Bertz CT molecular complexity index is 2610. The molecule has 0 unspecified atom stereocenters. The van der Waals surface area contributed by atoms with Crippen LogP contribution in [0.1, 0.15) is 62.5 Å². The minimum Gasteiger partial charge on any atom is -0.370 e. The molecule has 2 aromatic carbocycles. The molecular weight excluding hydrogens is 943 g/mol. The van der Waals surface area contributed by atoms with E-state index in [4.69, 9.17) is 57.3 Å². The number of primary amides is 1. The van der Waals surface area contributed by atoms with E-state index in [0.29, 0.717) is 12.0 Å². The summed E-state index contributed by atoms with van der Waals surface area (Å²) < 4.78 is 0. The lowest BCUT2D eigenvalue weighted by Crippen LogP contribution is -2.59. The number of para-hydroxylation sites is 2. The van der Waals surface area contributed by atoms with Crippen LogP contribution in [0.4, 0.5) is 0 Å². The summed E-state index contributed by atoms with van der Waals surface area (Å²) in [6.07, 6.45) is 4.43. The van der Waals surface area contributed by atoms with E-state index < -0.39 is 71.7 Å². The molecule has 2 heterocycles. The molecule has 2 aromatic heterocycles. The number of fused-ring (bicyclic) bond motifs is 2. The van der Waals surface area contributed by atoms with E-state index in [2.05, 4.69) is 56.5 Å². The predicted octanol–water partition coefficient (Wildman–Crippen LogP) is -4.11. The Morgan fingerprint density at radius 3 is 1.12 bits per heavy atom. The van der Waals surface area contributed by atoms with Gasteiger partial charge in [-0.05, 0) is 74.6 Å². The first-order chi connectivity index (χ1) is 34.8. The van der Waals surface area contributed by atoms with Gasteiger partial charge in [0.15, 0.2) is 23.8 Å². The number of nitrogens with zero attached hydrogens (tertiary/aromatic N) is 4. The first-order valence-corrected chi connectivity index (χ1v) is 23.7. The molecule has 73 heavy (non-hydrogen) atoms. The van der Waals surface area contributed by atoms with Crippen LogP contribution in [0.5, 0.6) is 0 Å². The molecule has 0 aliphatic heterocycles. The zero-order valence-electron chi connectivity index (χ0n) is 40.6. The summed E-state index contributed by atoms with van der Waals surface area (Å²) >= 11 is 0. The average Bonchev–Trinajstić information content (AvgIpc) is 3.95. The Hall–Kier alpha value is -8.62. The van der Waals surface area contributed by atoms with Gasteiger partial charge >= 0.3 is 0 Å². The number of aromatic amines is 2. The third-order valence-electron chi connectivity index (χ3n) is 11.5. The highest BCUT2D eigenvalue weighted by Crippen LogP contribution is 2.21. The van der Waals surface area contributed by atoms with Crippen LogP contribution < -0.4 is 83.9 Å². The topological polar surface area (TPSA) is 504 Å². The van der Waals surface area contributed by atoms with Crippen LogP contribution >= 0.6 is 0 Å². The maximum Gasteiger partial charge on any atom is 0.243 e. The standard InChI is InChI=1S/C46H71N21O6/c47-29(11-5-17-57-43(49)50)38(69)63-32(14-6-18-58-44(51)52)39(70)64-33(15-7-19-59-45(53)54)40(71)65-34(16-8-20-60-46(55)56)41(72)67-36(22-26-24-62-31-13-4-2-10-28(26)31)42(73)66-35(37(48)68)21-25-23-61-30-12-3-1-9-27(25)30/h1-4,9-10,12-13,23-24,29,32-36,61-62H,5-8,11,14-22,47H2,(H2,48,68)(H,63,69)(H,64,70)(H,65,71)(H,66,73)(H,67,72)(H4,49,50,57)(H4,51,52,58)(H4,53,54,59)(H4,55,56,60)/t29-,32-,33-,34-,35-,36-/m0/s1. The summed E-state index contributed by atoms with van der Waals surface area (Å²) in [6.45, 7) is 0.453. The molecule has 6 amide bonds. The molecule has 0 saturated heterocycles. The monoisotopic (exact) mass is 1010 g/mol. The van der Waals surface area contributed by atoms with Gasteiger partial charge in [-0.2, -0.15) is 0 Å². The number of nitrogens with two attached hydrogens (primary N) is 10. The van der Waals surface area contributed by atoms with Crippen LogP contribution in [0.3, 0.4) is 0 Å². The molecule has 27 heteroatoms. The Morgan fingerprint density at radius 2 is 0.740 bits per heavy atom. The second-order valence-electron chi connectivity index (χ2n) is 17.2. The SMILES string of the molecule is NC(=O)[C@H](Cc1c[nH]c2ccccc12)NC(=O)[C@H](Cc1c[nH]c2ccccc12)NC(=O)[C@H](CCCN=C(N)N)NC(=O)[C@H](CCCN=C(N)N)NC(=O)[C@H](CCCN=C(N)N)NC(=O)[C@@H](N)CCCN=C(N)N. The van der Waals surface area contributed by atoms with E-state index in [-0.39, 0.29) is 108 Å². The zero-order chi connectivity index (χ0) is 53.5. The maximum absolute atomic E-state index is 14.6. The molecule has 0 aliphatic rings. The first-order valence-electron chi connectivity index (χ1n) is 23.7. The number of benzene rings is 2. The summed E-state index contributed by atoms with van der Waals surface area (Å²) in [5.41, 5.74) is 59.0. The molecule has 0 bridgehead atoms. The molecule has 0 spiro atoms. The van der Waals surface area contributed by atoms with Gasteiger partial charge in [0.25, 0.3) is 0 Å². The minimum absolute atomic E-state index is 0.0194. The molecule has 0 radical (unpaired) electrons. The van der Waals surface area contributed by atoms with E-state index in [1.165, 1.54) is 0 Å². The highest BCUT2D eigenvalue weighted by molar-refractivity contribution is 5.97. The number of amides is 6. The van der Waals surface area contributed by atoms with E-state index in [9.17, 15) is 28.8 Å². The first kappa shape index (κ1) is 57.0. The Balaban J connectivity index is 1.64. The molecule has 27 N–H and O–H groups in total. The summed E-state index contributed by atoms with van der Waals surface area (Å²) in [4.78, 5) is 106. The lowest BCUT2D eigenvalue weighted by Gasteiger charge is -2.27. The third kappa shape index (κ3) is 19.2. The van der Waals surface area contributed by atoms with Crippen molar-refractivity contribution in [2.75, 3.05) is 26.2 Å². The summed E-state index contributed by atoms with van der Waals surface area (Å²) in [7, 11) is 0. The number of carbonyl (C=O) groups excluding carboxylic acids is 6. The smallest absolute Gasteiger partial charge is 0.243 e. The second-order valence-corrected chi connectivity index (χ2v) is 17.2. The lowest BCUT2D eigenvalue weighted by atomic mass is 10.0. The summed E-state index contributed by atoms with van der Waals surface area (Å²) in [5, 5.41) is 15.3. The van der Waals surface area contributed by atoms with Crippen LogP contribution in [0.2, 0.25) is 0 Å². The molecular formula is C46H71N21O6. The van der Waals surface area contributed by atoms with Crippen molar-refractivity contribution in [2.45, 2.75) is 100 Å². The second kappa shape index (κ2) is 28.9. The van der Waals surface area contributed by atoms with Gasteiger partial charge in [0.2, 0.25) is 35.4 Å². The van der Waals surface area contributed by atoms with Crippen molar-refractivity contribution in [1.29, 1.82) is 0 Å². The zero-order valence-corrected chi connectivity index (χ0v) is 40.6. The number of carbonyl (C=O) groups is 6. The lowest BCUT2D eigenvalue weighted by molar-refractivity contribution is -0.135. The van der Waals surface area contributed by atoms with Crippen molar-refractivity contribution < 1.29 is 28.8 Å². The molecule has 0 fully saturated rings. The van der Waals surface area contributed by atoms with Crippen molar-refractivity contribution >= 4 is 81.1 Å². The highest BCUT2D eigenvalue weighted by atomic mass is 16.2. The Morgan fingerprint density at radius 1 is 0.425 bits per heavy atom. The molecule has 4 rings (SSSR count). The molecule has 4 aromatic rings. The number of hydrogen-bond donors (Lipinski definition) is 17. The van der Waals surface area contributed by atoms with Crippen molar-refractivity contribution in [3.05, 3.63) is 72.1 Å². The third-order valence-corrected chi connectivity index (χ3v) is 11.5. The van der Waals surface area contributed by atoms with Gasteiger partial charge in [-0.1, -0.05) is 36.4 Å². The van der Waals surface area contributed by atoms with Crippen LogP contribution in [0.25, 0.3) is 21.8 Å². The van der Waals surface area contributed by atoms with Gasteiger partial charge in [0, 0.05) is 73.2 Å². The minimum atomic E-state index is -1.36. The summed E-state index contributed by atoms with van der Waals surface area (Å²) in [6, 6.07) is 7.28. The molecule has 6 atom stereocenters. The number of rotatable bonds is 31. The number of aliphatic imine (C=N–C) groups is 4. The van der Waals surface area contributed by atoms with Gasteiger partial charge in [0.05, 0.1) is 6.04 Å². The van der Waals surface area contributed by atoms with Crippen LogP contribution in [0, 0.1) is 0 Å². The van der Waals surface area contributed by atoms with Crippen molar-refractivity contribution in [1.82, 2.24) is 36.6 Å². The predicted molar refractivity (Wildman–Crippen MR) is 280 cm³/mol. The van der Waals surface area contributed by atoms with Crippen molar-refractivity contribution in [3.8, 4) is 0 Å². The fourth-order valence-electron chi connectivity index (χ4n) is 7.81. The van der Waals surface area contributed by atoms with Crippen molar-refractivity contribution in [2.24, 2.45) is 77.3 Å². The maximum atomic E-state index is 14.6. The normalized spacial score (nSPS) is 13.4. The highest BCUT2D eigenvalue weighted by Gasteiger charge is 2.33. The number of guanidine groups is 4. The van der Waals surface area contributed by atoms with Gasteiger partial charge in [-0.25, -0.2) is 0 Å². The van der Waals surface area contributed by atoms with Gasteiger partial charge in [-0.3, -0.25) is 48.7 Å².